The van der Waals surface area contributed by atoms with E-state index in [0.29, 0.717) is 24.4 Å². The molecule has 0 radical (unpaired) electrons. The van der Waals surface area contributed by atoms with Crippen LogP contribution in [0, 0.1) is 5.82 Å². The van der Waals surface area contributed by atoms with E-state index in [-0.39, 0.29) is 11.5 Å². The summed E-state index contributed by atoms with van der Waals surface area (Å²) < 4.78 is 24.5. The van der Waals surface area contributed by atoms with Crippen LogP contribution in [-0.4, -0.2) is 17.3 Å². The highest BCUT2D eigenvalue weighted by Gasteiger charge is 2.34. The van der Waals surface area contributed by atoms with Gasteiger partial charge in [-0.2, -0.15) is 4.98 Å². The van der Waals surface area contributed by atoms with Crippen LogP contribution < -0.4 is 5.73 Å². The summed E-state index contributed by atoms with van der Waals surface area (Å²) in [6.07, 6.45) is 1.39. The quantitative estimate of drug-likeness (QED) is 0.851. The molecule has 0 fully saturated rings. The maximum Gasteiger partial charge on any atom is 0.261 e. The van der Waals surface area contributed by atoms with E-state index < -0.39 is 11.4 Å². The van der Waals surface area contributed by atoms with Gasteiger partial charge in [-0.3, -0.25) is 0 Å². The first-order valence-electron chi connectivity index (χ1n) is 6.51. The van der Waals surface area contributed by atoms with Gasteiger partial charge in [-0.05, 0) is 31.0 Å². The third-order valence-corrected chi connectivity index (χ3v) is 3.59. The van der Waals surface area contributed by atoms with Crippen molar-refractivity contribution in [2.24, 2.45) is 0 Å². The Hall–Kier alpha value is -1.95. The van der Waals surface area contributed by atoms with E-state index in [9.17, 15) is 4.39 Å². The van der Waals surface area contributed by atoms with Gasteiger partial charge >= 0.3 is 0 Å². The Balaban J connectivity index is 2.45. The van der Waals surface area contributed by atoms with Crippen molar-refractivity contribution in [1.29, 1.82) is 0 Å². The lowest BCUT2D eigenvalue weighted by Gasteiger charge is -2.25. The molecule has 0 saturated carbocycles. The Morgan fingerprint density at radius 2 is 2.05 bits per heavy atom. The molecule has 1 aromatic heterocycles. The van der Waals surface area contributed by atoms with Gasteiger partial charge < -0.3 is 15.0 Å². The molecule has 0 amide bonds. The van der Waals surface area contributed by atoms with E-state index in [4.69, 9.17) is 15.0 Å². The van der Waals surface area contributed by atoms with Gasteiger partial charge in [0.15, 0.2) is 0 Å². The zero-order valence-electron chi connectivity index (χ0n) is 11.8. The maximum atomic E-state index is 13.8. The first kappa shape index (κ1) is 14.5. The number of anilines is 1. The van der Waals surface area contributed by atoms with Gasteiger partial charge in [0.25, 0.3) is 5.89 Å². The fraction of sp³-hybridized carbons (Fsp3) is 0.429. The van der Waals surface area contributed by atoms with Crippen LogP contribution in [0.5, 0.6) is 0 Å². The predicted molar refractivity (Wildman–Crippen MR) is 73.4 cm³/mol. The fourth-order valence-electron chi connectivity index (χ4n) is 2.17. The van der Waals surface area contributed by atoms with Crippen molar-refractivity contribution in [2.75, 3.05) is 12.8 Å². The highest BCUT2D eigenvalue weighted by atomic mass is 19.1. The number of hydrogen-bond donors (Lipinski definition) is 1. The van der Waals surface area contributed by atoms with Crippen LogP contribution in [0.15, 0.2) is 22.7 Å². The monoisotopic (exact) mass is 279 g/mol. The highest BCUT2D eigenvalue weighted by Crippen LogP contribution is 2.32. The molecule has 0 aliphatic rings. The molecule has 0 aliphatic carbocycles. The highest BCUT2D eigenvalue weighted by molar-refractivity contribution is 5.60. The molecule has 0 unspecified atom stereocenters. The lowest BCUT2D eigenvalue weighted by atomic mass is 9.96. The van der Waals surface area contributed by atoms with Crippen LogP contribution in [0.25, 0.3) is 11.5 Å². The van der Waals surface area contributed by atoms with Crippen molar-refractivity contribution in [3.63, 3.8) is 0 Å². The molecule has 0 aliphatic heterocycles. The minimum atomic E-state index is -0.613. The van der Waals surface area contributed by atoms with Gasteiger partial charge in [0.2, 0.25) is 5.82 Å². The van der Waals surface area contributed by atoms with Crippen LogP contribution in [-0.2, 0) is 10.3 Å². The van der Waals surface area contributed by atoms with E-state index in [0.717, 1.165) is 0 Å². The van der Waals surface area contributed by atoms with Gasteiger partial charge in [-0.15, -0.1) is 0 Å². The summed E-state index contributed by atoms with van der Waals surface area (Å²) in [6, 6.07) is 4.23. The van der Waals surface area contributed by atoms with Gasteiger partial charge in [-0.25, -0.2) is 4.39 Å². The summed E-state index contributed by atoms with van der Waals surface area (Å²) in [5.74, 6) is 0.0698. The van der Waals surface area contributed by atoms with Crippen molar-refractivity contribution >= 4 is 5.69 Å². The Labute approximate surface area is 116 Å². The molecule has 1 aromatic carbocycles. The first-order valence-corrected chi connectivity index (χ1v) is 6.51. The van der Waals surface area contributed by atoms with Gasteiger partial charge in [0, 0.05) is 12.8 Å². The first-order chi connectivity index (χ1) is 9.56. The number of methoxy groups -OCH3 is 1. The normalized spacial score (nSPS) is 11.8. The Morgan fingerprint density at radius 3 is 2.65 bits per heavy atom. The van der Waals surface area contributed by atoms with E-state index >= 15 is 0 Å². The summed E-state index contributed by atoms with van der Waals surface area (Å²) in [5, 5.41) is 3.93. The minimum absolute atomic E-state index is 0.105. The molecule has 1 heterocycles. The molecule has 2 N–H and O–H groups in total. The molecule has 6 heteroatoms. The summed E-state index contributed by atoms with van der Waals surface area (Å²) in [7, 11) is 1.60. The number of hydrogen-bond acceptors (Lipinski definition) is 5. The second-order valence-corrected chi connectivity index (χ2v) is 4.57. The minimum Gasteiger partial charge on any atom is -0.399 e. The lowest BCUT2D eigenvalue weighted by Crippen LogP contribution is -2.28. The van der Waals surface area contributed by atoms with Crippen molar-refractivity contribution in [2.45, 2.75) is 32.3 Å². The Kier molecular flexibility index (Phi) is 4.04. The Bertz CT molecular complexity index is 586. The van der Waals surface area contributed by atoms with Crippen molar-refractivity contribution < 1.29 is 13.7 Å². The van der Waals surface area contributed by atoms with E-state index in [1.807, 2.05) is 13.8 Å². The van der Waals surface area contributed by atoms with Crippen molar-refractivity contribution in [3.8, 4) is 11.5 Å². The van der Waals surface area contributed by atoms with Crippen LogP contribution in [0.4, 0.5) is 10.1 Å². The summed E-state index contributed by atoms with van der Waals surface area (Å²) >= 11 is 0. The molecule has 0 atom stereocenters. The average molecular weight is 279 g/mol. The number of ether oxygens (including phenoxy) is 1. The molecule has 2 rings (SSSR count). The molecule has 0 bridgehead atoms. The summed E-state index contributed by atoms with van der Waals surface area (Å²) in [5.41, 5.74) is 5.67. The third-order valence-electron chi connectivity index (χ3n) is 3.59. The largest absolute Gasteiger partial charge is 0.399 e. The average Bonchev–Trinajstić information content (AvgIpc) is 2.94. The van der Waals surface area contributed by atoms with Gasteiger partial charge in [0.05, 0.1) is 5.56 Å². The molecular formula is C14H18FN3O2. The standard InChI is InChI=1S/C14H18FN3O2/c1-4-14(5-2,19-3)13-17-12(20-18-13)10-8-9(16)6-7-11(10)15/h6-8H,4-5,16H2,1-3H3. The Morgan fingerprint density at radius 1 is 1.35 bits per heavy atom. The number of halogens is 1. The van der Waals surface area contributed by atoms with E-state index in [2.05, 4.69) is 10.1 Å². The molecule has 20 heavy (non-hydrogen) atoms. The molecular weight excluding hydrogens is 261 g/mol. The molecule has 0 saturated heterocycles. The summed E-state index contributed by atoms with van der Waals surface area (Å²) in [6.45, 7) is 3.95. The molecule has 0 spiro atoms. The molecule has 2 aromatic rings. The van der Waals surface area contributed by atoms with Crippen LogP contribution in [0.3, 0.4) is 0 Å². The number of nitrogens with two attached hydrogens (primary N) is 1. The van der Waals surface area contributed by atoms with Crippen LogP contribution in [0.2, 0.25) is 0 Å². The van der Waals surface area contributed by atoms with Crippen molar-refractivity contribution in [1.82, 2.24) is 10.1 Å². The zero-order valence-corrected chi connectivity index (χ0v) is 11.8. The van der Waals surface area contributed by atoms with Crippen LogP contribution >= 0.6 is 0 Å². The second kappa shape index (κ2) is 5.58. The van der Waals surface area contributed by atoms with Crippen molar-refractivity contribution in [3.05, 3.63) is 29.8 Å². The van der Waals surface area contributed by atoms with Gasteiger partial charge in [0.1, 0.15) is 11.4 Å². The van der Waals surface area contributed by atoms with Gasteiger partial charge in [-0.1, -0.05) is 19.0 Å². The fourth-order valence-corrected chi connectivity index (χ4v) is 2.17. The lowest BCUT2D eigenvalue weighted by molar-refractivity contribution is -0.0306. The zero-order chi connectivity index (χ0) is 14.8. The smallest absolute Gasteiger partial charge is 0.261 e. The summed E-state index contributed by atoms with van der Waals surface area (Å²) in [4.78, 5) is 4.27. The SMILES string of the molecule is CCC(CC)(OC)c1noc(-c2cc(N)ccc2F)n1. The number of rotatable bonds is 5. The number of nitrogen functional groups attached to an aromatic ring is 1. The second-order valence-electron chi connectivity index (χ2n) is 4.57. The number of nitrogens with zero attached hydrogens (tertiary/aromatic N) is 2. The topological polar surface area (TPSA) is 74.2 Å². The predicted octanol–water partition coefficient (Wildman–Crippen LogP) is 3.12. The number of benzene rings is 1. The maximum absolute atomic E-state index is 13.8. The third kappa shape index (κ3) is 2.38. The van der Waals surface area contributed by atoms with E-state index in [1.165, 1.54) is 18.2 Å². The van der Waals surface area contributed by atoms with E-state index in [1.54, 1.807) is 7.11 Å². The molecule has 108 valence electrons. The van der Waals surface area contributed by atoms with Crippen LogP contribution in [0.1, 0.15) is 32.5 Å². The molecule has 5 nitrogen and oxygen atoms in total. The number of aromatic nitrogens is 2.